The molecule has 230 valence electrons. The highest BCUT2D eigenvalue weighted by Gasteiger charge is 2.42. The van der Waals surface area contributed by atoms with Crippen LogP contribution in [0.25, 0.3) is 21.3 Å². The van der Waals surface area contributed by atoms with Gasteiger partial charge in [0, 0.05) is 18.5 Å². The first-order valence-corrected chi connectivity index (χ1v) is 15.0. The maximum absolute atomic E-state index is 13.9. The predicted molar refractivity (Wildman–Crippen MR) is 142 cm³/mol. The number of nitrogens with zero attached hydrogens (tertiary/aromatic N) is 4. The van der Waals surface area contributed by atoms with Gasteiger partial charge in [-0.25, -0.2) is 22.2 Å². The smallest absolute Gasteiger partial charge is 0.404 e. The van der Waals surface area contributed by atoms with Gasteiger partial charge in [-0.3, -0.25) is 4.79 Å². The molecule has 0 aliphatic carbocycles. The van der Waals surface area contributed by atoms with Gasteiger partial charge in [0.2, 0.25) is 15.9 Å². The number of amides is 1. The number of benzene rings is 1. The van der Waals surface area contributed by atoms with Crippen molar-refractivity contribution in [1.29, 1.82) is 0 Å². The van der Waals surface area contributed by atoms with E-state index in [0.717, 1.165) is 28.4 Å². The Balaban J connectivity index is 1.79. The van der Waals surface area contributed by atoms with Crippen LogP contribution in [-0.4, -0.2) is 76.3 Å². The fourth-order valence-corrected chi connectivity index (χ4v) is 7.02. The molecule has 1 aliphatic heterocycles. The van der Waals surface area contributed by atoms with Crippen LogP contribution in [0.15, 0.2) is 21.4 Å². The lowest BCUT2D eigenvalue weighted by molar-refractivity contribution is -0.147. The van der Waals surface area contributed by atoms with Crippen LogP contribution in [-0.2, 0) is 16.4 Å². The molecule has 1 amide bonds. The molecule has 1 saturated heterocycles. The summed E-state index contributed by atoms with van der Waals surface area (Å²) in [6, 6.07) is -0.457. The highest BCUT2D eigenvalue weighted by molar-refractivity contribution is 7.89. The molecule has 0 unspecified atom stereocenters. The first-order valence-electron chi connectivity index (χ1n) is 12.0. The minimum atomic E-state index is -4.88. The molecule has 1 atom stereocenters. The first-order chi connectivity index (χ1) is 19.2. The Morgan fingerprint density at radius 2 is 1.90 bits per heavy atom. The second-order valence-electron chi connectivity index (χ2n) is 10.1. The number of aliphatic hydroxyl groups is 1. The van der Waals surface area contributed by atoms with Gasteiger partial charge in [-0.2, -0.15) is 17.9 Å². The van der Waals surface area contributed by atoms with Crippen LogP contribution in [0.2, 0.25) is 10.0 Å². The third-order valence-corrected chi connectivity index (χ3v) is 9.58. The van der Waals surface area contributed by atoms with Crippen LogP contribution in [0.5, 0.6) is 0 Å². The van der Waals surface area contributed by atoms with E-state index in [9.17, 15) is 40.3 Å². The fraction of sp³-hybridized carbons (Fsp3) is 0.478. The maximum atomic E-state index is 13.9. The van der Waals surface area contributed by atoms with Crippen molar-refractivity contribution < 1.29 is 44.7 Å². The summed E-state index contributed by atoms with van der Waals surface area (Å²) in [5, 5.41) is 16.6. The van der Waals surface area contributed by atoms with Crippen molar-refractivity contribution in [3.05, 3.63) is 33.8 Å². The molecule has 19 heteroatoms. The van der Waals surface area contributed by atoms with Crippen LogP contribution >= 0.6 is 34.5 Å². The lowest BCUT2D eigenvalue weighted by Gasteiger charge is -2.19. The average Bonchev–Trinajstić information content (AvgIpc) is 3.56. The minimum absolute atomic E-state index is 0.0226. The number of nitrogens with one attached hydrogen (secondary N) is 1. The molecule has 10 nitrogen and oxygen atoms in total. The molecule has 42 heavy (non-hydrogen) atoms. The Labute approximate surface area is 249 Å². The molecule has 0 bridgehead atoms. The van der Waals surface area contributed by atoms with E-state index in [4.69, 9.17) is 27.6 Å². The zero-order valence-electron chi connectivity index (χ0n) is 21.9. The molecule has 1 aliphatic rings. The Hall–Kier alpha value is -2.44. The number of thiazole rings is 1. The molecule has 0 radical (unpaired) electrons. The van der Waals surface area contributed by atoms with Gasteiger partial charge >= 0.3 is 6.18 Å². The average molecular weight is 678 g/mol. The van der Waals surface area contributed by atoms with Gasteiger partial charge in [0.25, 0.3) is 17.7 Å². The van der Waals surface area contributed by atoms with Crippen molar-refractivity contribution in [2.75, 3.05) is 13.1 Å². The second kappa shape index (κ2) is 11.2. The Bertz CT molecular complexity index is 1620. The Kier molecular flexibility index (Phi) is 8.69. The van der Waals surface area contributed by atoms with Crippen LogP contribution in [0.1, 0.15) is 43.6 Å². The topological polar surface area (TPSA) is 139 Å². The van der Waals surface area contributed by atoms with Crippen LogP contribution in [0.3, 0.4) is 0 Å². The molecular formula is C23H22Cl2F5N5O5S2. The maximum Gasteiger partial charge on any atom is 0.404 e. The van der Waals surface area contributed by atoms with E-state index in [1.54, 1.807) is 0 Å². The van der Waals surface area contributed by atoms with Gasteiger partial charge in [-0.05, 0) is 26.8 Å². The molecule has 4 rings (SSSR count). The number of halogens is 7. The minimum Gasteiger partial charge on any atom is -0.419 e. The quantitative estimate of drug-likeness (QED) is 0.311. The number of hydrogen-bond acceptors (Lipinski definition) is 9. The highest BCUT2D eigenvalue weighted by atomic mass is 35.5. The third kappa shape index (κ3) is 7.02. The monoisotopic (exact) mass is 677 g/mol. The van der Waals surface area contributed by atoms with Crippen molar-refractivity contribution >= 4 is 50.5 Å². The van der Waals surface area contributed by atoms with Crippen molar-refractivity contribution in [3.63, 3.8) is 0 Å². The van der Waals surface area contributed by atoms with Crippen LogP contribution in [0.4, 0.5) is 22.0 Å². The van der Waals surface area contributed by atoms with Gasteiger partial charge < -0.3 is 14.4 Å². The molecule has 0 saturated carbocycles. The summed E-state index contributed by atoms with van der Waals surface area (Å²) in [4.78, 5) is 17.7. The molecule has 1 aromatic carbocycles. The molecule has 2 N–H and O–H groups in total. The fourth-order valence-electron chi connectivity index (χ4n) is 3.86. The molecule has 3 aromatic rings. The van der Waals surface area contributed by atoms with Crippen molar-refractivity contribution in [1.82, 2.24) is 24.8 Å². The summed E-state index contributed by atoms with van der Waals surface area (Å²) in [7, 11) is -4.81. The van der Waals surface area contributed by atoms with E-state index in [-0.39, 0.29) is 45.9 Å². The number of sulfonamides is 1. The van der Waals surface area contributed by atoms with Crippen LogP contribution < -0.4 is 4.72 Å². The van der Waals surface area contributed by atoms with E-state index < -0.39 is 67.6 Å². The summed E-state index contributed by atoms with van der Waals surface area (Å²) in [6.07, 6.45) is -5.48. The highest BCUT2D eigenvalue weighted by Crippen LogP contribution is 2.44. The van der Waals surface area contributed by atoms with Gasteiger partial charge in [-0.15, -0.1) is 21.5 Å². The lowest BCUT2D eigenvalue weighted by Crippen LogP contribution is -2.43. The van der Waals surface area contributed by atoms with Crippen LogP contribution in [0, 0.1) is 0 Å². The van der Waals surface area contributed by atoms with E-state index in [1.165, 1.54) is 18.6 Å². The summed E-state index contributed by atoms with van der Waals surface area (Å²) in [5.74, 6) is -4.15. The van der Waals surface area contributed by atoms with E-state index >= 15 is 0 Å². The molecular weight excluding hydrogens is 656 g/mol. The third-order valence-electron chi connectivity index (χ3n) is 5.92. The summed E-state index contributed by atoms with van der Waals surface area (Å²) in [5.41, 5.74) is -1.61. The first kappa shape index (κ1) is 32.5. The number of aromatic nitrogens is 3. The van der Waals surface area contributed by atoms with E-state index in [2.05, 4.69) is 15.2 Å². The zero-order valence-corrected chi connectivity index (χ0v) is 25.0. The van der Waals surface area contributed by atoms with Crippen molar-refractivity contribution in [2.45, 2.75) is 62.3 Å². The number of alkyl halides is 5. The van der Waals surface area contributed by atoms with E-state index in [0.29, 0.717) is 6.92 Å². The second-order valence-corrected chi connectivity index (χ2v) is 13.6. The molecule has 0 spiro atoms. The number of carbonyl (C=O) groups is 1. The number of rotatable bonds is 8. The number of carbonyl (C=O) groups excluding carboxylic acids is 1. The molecule has 3 heterocycles. The van der Waals surface area contributed by atoms with Crippen molar-refractivity contribution in [3.8, 4) is 21.3 Å². The Morgan fingerprint density at radius 1 is 1.24 bits per heavy atom. The number of likely N-dealkylation sites (tertiary alicyclic amines) is 1. The lowest BCUT2D eigenvalue weighted by atomic mass is 10.1. The standard InChI is InChI=1S/C23H22Cl2F5N5O5S2/c1-10(23(28,29)30)34-42(38,39)12-5-4-11(14(24)15(12)25)17-16(20(36)35-7-6-22(26,27)9-35)31-19(41-17)18-33-32-13(40-18)8-21(2,3)37/h4-5,10,34,37H,6-9H2,1-3H3/t10-/m0/s1. The normalized spacial score (nSPS) is 16.7. The van der Waals surface area contributed by atoms with Gasteiger partial charge in [-0.1, -0.05) is 29.3 Å². The van der Waals surface area contributed by atoms with Gasteiger partial charge in [0.05, 0.1) is 33.5 Å². The summed E-state index contributed by atoms with van der Waals surface area (Å²) >= 11 is 13.4. The predicted octanol–water partition coefficient (Wildman–Crippen LogP) is 5.19. The summed E-state index contributed by atoms with van der Waals surface area (Å²) in [6.45, 7) is 2.47. The Morgan fingerprint density at radius 3 is 2.48 bits per heavy atom. The molecule has 2 aromatic heterocycles. The van der Waals surface area contributed by atoms with Crippen molar-refractivity contribution in [2.24, 2.45) is 0 Å². The summed E-state index contributed by atoms with van der Waals surface area (Å²) < 4.78 is 99.1. The van der Waals surface area contributed by atoms with Gasteiger partial charge in [0.15, 0.2) is 5.01 Å². The zero-order chi connectivity index (χ0) is 31.4. The van der Waals surface area contributed by atoms with E-state index in [1.807, 2.05) is 0 Å². The number of hydrogen-bond donors (Lipinski definition) is 2. The van der Waals surface area contributed by atoms with Gasteiger partial charge in [0.1, 0.15) is 16.6 Å². The SMILES string of the molecule is C[C@H](NS(=O)(=O)c1ccc(-c2sc(-c3nnc(CC(C)(C)O)o3)nc2C(=O)N2CCC(F)(F)C2)c(Cl)c1Cl)C(F)(F)F. The largest absolute Gasteiger partial charge is 0.419 e. The molecule has 1 fully saturated rings.